The second-order valence-corrected chi connectivity index (χ2v) is 7.77. The molecule has 25 heavy (non-hydrogen) atoms. The summed E-state index contributed by atoms with van der Waals surface area (Å²) in [5, 5.41) is 9.23. The van der Waals surface area contributed by atoms with Crippen molar-refractivity contribution in [2.45, 2.75) is 38.6 Å². The van der Waals surface area contributed by atoms with Crippen LogP contribution in [0.4, 0.5) is 5.82 Å². The lowest BCUT2D eigenvalue weighted by Gasteiger charge is -2.20. The summed E-state index contributed by atoms with van der Waals surface area (Å²) < 4.78 is 2.00. The van der Waals surface area contributed by atoms with E-state index >= 15 is 0 Å². The number of pyridine rings is 1. The lowest BCUT2D eigenvalue weighted by Crippen LogP contribution is -2.23. The molecule has 6 nitrogen and oxygen atoms in total. The minimum absolute atomic E-state index is 0.139. The number of carbonyl (C=O) groups is 1. The van der Waals surface area contributed by atoms with Gasteiger partial charge < -0.3 is 14.6 Å². The third kappa shape index (κ3) is 2.69. The van der Waals surface area contributed by atoms with E-state index in [9.17, 15) is 9.90 Å². The molecule has 1 aliphatic heterocycles. The zero-order valence-electron chi connectivity index (χ0n) is 14.4. The van der Waals surface area contributed by atoms with Crippen LogP contribution in [-0.2, 0) is 6.54 Å². The largest absolute Gasteiger partial charge is 0.476 e. The van der Waals surface area contributed by atoms with Crippen LogP contribution in [0.3, 0.4) is 0 Å². The molecule has 3 heterocycles. The second-order valence-electron chi connectivity index (χ2n) is 7.77. The fraction of sp³-hybridized carbons (Fsp3) is 0.526. The molecule has 0 bridgehead atoms. The van der Waals surface area contributed by atoms with Crippen molar-refractivity contribution in [2.75, 3.05) is 18.0 Å². The zero-order chi connectivity index (χ0) is 17.1. The first-order valence-corrected chi connectivity index (χ1v) is 9.10. The van der Waals surface area contributed by atoms with Crippen LogP contribution in [-0.4, -0.2) is 38.7 Å². The van der Waals surface area contributed by atoms with Gasteiger partial charge in [0.2, 0.25) is 0 Å². The molecule has 130 valence electrons. The summed E-state index contributed by atoms with van der Waals surface area (Å²) in [6.45, 7) is 4.97. The Morgan fingerprint density at radius 2 is 2.00 bits per heavy atom. The van der Waals surface area contributed by atoms with E-state index in [1.165, 1.54) is 6.42 Å². The van der Waals surface area contributed by atoms with Gasteiger partial charge in [0, 0.05) is 30.9 Å². The maximum absolute atomic E-state index is 11.3. The lowest BCUT2D eigenvalue weighted by atomic mass is 10.2. The van der Waals surface area contributed by atoms with Crippen LogP contribution in [0.1, 0.15) is 52.8 Å². The number of rotatable bonds is 5. The minimum Gasteiger partial charge on any atom is -0.476 e. The molecule has 2 atom stereocenters. The van der Waals surface area contributed by atoms with E-state index in [0.717, 1.165) is 60.7 Å². The summed E-state index contributed by atoms with van der Waals surface area (Å²) in [4.78, 5) is 22.8. The fourth-order valence-electron chi connectivity index (χ4n) is 4.02. The molecule has 2 unspecified atom stereocenters. The predicted molar refractivity (Wildman–Crippen MR) is 93.0 cm³/mol. The van der Waals surface area contributed by atoms with E-state index in [1.54, 1.807) is 6.20 Å². The van der Waals surface area contributed by atoms with E-state index < -0.39 is 5.97 Å². The van der Waals surface area contributed by atoms with Crippen LogP contribution >= 0.6 is 0 Å². The van der Waals surface area contributed by atoms with Gasteiger partial charge >= 0.3 is 5.97 Å². The van der Waals surface area contributed by atoms with Crippen LogP contribution in [0.15, 0.2) is 18.3 Å². The topological polar surface area (TPSA) is 71.2 Å². The molecular weight excluding hydrogens is 316 g/mol. The highest BCUT2D eigenvalue weighted by Gasteiger charge is 2.45. The molecule has 1 saturated heterocycles. The molecule has 2 aliphatic carbocycles. The smallest absolute Gasteiger partial charge is 0.356 e. The monoisotopic (exact) mass is 338 g/mol. The van der Waals surface area contributed by atoms with Crippen molar-refractivity contribution in [1.29, 1.82) is 0 Å². The van der Waals surface area contributed by atoms with Gasteiger partial charge in [0.15, 0.2) is 5.69 Å². The average molecular weight is 338 g/mol. The number of carboxylic acids is 1. The summed E-state index contributed by atoms with van der Waals surface area (Å²) in [5.41, 5.74) is 2.29. The van der Waals surface area contributed by atoms with Crippen molar-refractivity contribution in [3.05, 3.63) is 41.1 Å². The molecule has 5 rings (SSSR count). The average Bonchev–Trinajstić information content (AvgIpc) is 3.49. The lowest BCUT2D eigenvalue weighted by molar-refractivity contribution is 0.0691. The Morgan fingerprint density at radius 3 is 2.64 bits per heavy atom. The summed E-state index contributed by atoms with van der Waals surface area (Å²) >= 11 is 0. The molecule has 0 radical (unpaired) electrons. The third-order valence-electron chi connectivity index (χ3n) is 5.79. The van der Waals surface area contributed by atoms with Crippen LogP contribution < -0.4 is 4.90 Å². The number of aryl methyl sites for hydroxylation is 1. The molecule has 6 heteroatoms. The quantitative estimate of drug-likeness (QED) is 0.907. The van der Waals surface area contributed by atoms with Crippen molar-refractivity contribution in [3.63, 3.8) is 0 Å². The van der Waals surface area contributed by atoms with Gasteiger partial charge in [-0.05, 0) is 49.7 Å². The molecule has 1 N–H and O–H groups in total. The summed E-state index contributed by atoms with van der Waals surface area (Å²) in [6.07, 6.45) is 5.26. The molecule has 0 spiro atoms. The SMILES string of the molecule is Cc1nc(N2CC3CC3C2)ccc1Cn1cc(C(=O)O)nc1C1CC1. The Morgan fingerprint density at radius 1 is 1.24 bits per heavy atom. The van der Waals surface area contributed by atoms with Gasteiger partial charge in [-0.3, -0.25) is 0 Å². The van der Waals surface area contributed by atoms with Gasteiger partial charge in [-0.2, -0.15) is 0 Å². The van der Waals surface area contributed by atoms with Gasteiger partial charge in [0.05, 0.1) is 6.54 Å². The van der Waals surface area contributed by atoms with Crippen molar-refractivity contribution >= 4 is 11.8 Å². The molecular formula is C19H22N4O2. The number of carboxylic acid groups (broad SMARTS) is 1. The first-order chi connectivity index (χ1) is 12.1. The fourth-order valence-corrected chi connectivity index (χ4v) is 4.02. The maximum Gasteiger partial charge on any atom is 0.356 e. The van der Waals surface area contributed by atoms with Gasteiger partial charge in [0.1, 0.15) is 11.6 Å². The Kier molecular flexibility index (Phi) is 3.17. The van der Waals surface area contributed by atoms with Crippen molar-refractivity contribution in [2.24, 2.45) is 11.8 Å². The van der Waals surface area contributed by atoms with Crippen LogP contribution in [0.5, 0.6) is 0 Å². The molecule has 0 amide bonds. The summed E-state index contributed by atoms with van der Waals surface area (Å²) in [7, 11) is 0. The molecule has 3 aliphatic rings. The van der Waals surface area contributed by atoms with E-state index in [0.29, 0.717) is 12.5 Å². The molecule has 0 aromatic carbocycles. The van der Waals surface area contributed by atoms with Gasteiger partial charge in [-0.1, -0.05) is 6.07 Å². The number of nitrogens with zero attached hydrogens (tertiary/aromatic N) is 4. The zero-order valence-corrected chi connectivity index (χ0v) is 14.4. The van der Waals surface area contributed by atoms with Crippen molar-refractivity contribution in [1.82, 2.24) is 14.5 Å². The predicted octanol–water partition coefficient (Wildman–Crippen LogP) is 2.67. The van der Waals surface area contributed by atoms with Crippen LogP contribution in [0.25, 0.3) is 0 Å². The highest BCUT2D eigenvalue weighted by atomic mass is 16.4. The molecule has 2 aromatic rings. The summed E-state index contributed by atoms with van der Waals surface area (Å²) in [5.74, 6) is 3.22. The minimum atomic E-state index is -0.960. The van der Waals surface area contributed by atoms with E-state index in [2.05, 4.69) is 22.0 Å². The Bertz CT molecular complexity index is 845. The Labute approximate surface area is 146 Å². The van der Waals surface area contributed by atoms with Crippen LogP contribution in [0.2, 0.25) is 0 Å². The van der Waals surface area contributed by atoms with Crippen molar-refractivity contribution < 1.29 is 9.90 Å². The maximum atomic E-state index is 11.3. The van der Waals surface area contributed by atoms with Gasteiger partial charge in [0.25, 0.3) is 0 Å². The molecule has 2 saturated carbocycles. The number of fused-ring (bicyclic) bond motifs is 1. The third-order valence-corrected chi connectivity index (χ3v) is 5.79. The number of aromatic nitrogens is 3. The number of piperidine rings is 1. The van der Waals surface area contributed by atoms with Crippen LogP contribution in [0, 0.1) is 18.8 Å². The van der Waals surface area contributed by atoms with Gasteiger partial charge in [-0.15, -0.1) is 0 Å². The molecule has 2 aromatic heterocycles. The summed E-state index contributed by atoms with van der Waals surface area (Å²) in [6, 6.07) is 4.25. The molecule has 3 fully saturated rings. The Balaban J connectivity index is 1.39. The Hall–Kier alpha value is -2.37. The van der Waals surface area contributed by atoms with Gasteiger partial charge in [-0.25, -0.2) is 14.8 Å². The number of hydrogen-bond donors (Lipinski definition) is 1. The second kappa shape index (κ2) is 5.31. The first kappa shape index (κ1) is 14.9. The number of hydrogen-bond acceptors (Lipinski definition) is 4. The number of anilines is 1. The van der Waals surface area contributed by atoms with E-state index in [4.69, 9.17) is 4.98 Å². The number of imidazole rings is 1. The normalized spacial score (nSPS) is 24.4. The number of aromatic carboxylic acids is 1. The first-order valence-electron chi connectivity index (χ1n) is 9.10. The van der Waals surface area contributed by atoms with E-state index in [-0.39, 0.29) is 5.69 Å². The van der Waals surface area contributed by atoms with Crippen molar-refractivity contribution in [3.8, 4) is 0 Å². The van der Waals surface area contributed by atoms with E-state index in [1.807, 2.05) is 11.5 Å². The highest BCUT2D eigenvalue weighted by Crippen LogP contribution is 2.46. The highest BCUT2D eigenvalue weighted by molar-refractivity contribution is 5.85. The standard InChI is InChI=1S/C19H22N4O2/c1-11-13(4-5-17(20-11)22-8-14-6-15(14)9-22)7-23-10-16(19(24)25)21-18(23)12-2-3-12/h4-5,10,12,14-15H,2-3,6-9H2,1H3,(H,24,25).